The van der Waals surface area contributed by atoms with Crippen molar-refractivity contribution in [2.24, 2.45) is 5.92 Å². The Morgan fingerprint density at radius 3 is 2.53 bits per heavy atom. The third-order valence-corrected chi connectivity index (χ3v) is 6.50. The molecule has 0 atom stereocenters. The second-order valence-corrected chi connectivity index (χ2v) is 9.78. The van der Waals surface area contributed by atoms with Gasteiger partial charge in [-0.3, -0.25) is 10.1 Å². The molecule has 36 heavy (non-hydrogen) atoms. The zero-order chi connectivity index (χ0) is 24.9. The standard InChI is InChI=1S/C26H26N4O5S/c1-16-14-27-26(36-16)28-24(31)20-11-22(33-15-18-7-9-32-10-8-18)13-23(12-20)35-21-5-3-19(4-6-21)25-30-29-17(2)34-25/h3-6,11-14,18H,7-10,15H2,1-2H3,(H,27,28,31). The molecule has 0 radical (unpaired) electrons. The first-order valence-electron chi connectivity index (χ1n) is 11.7. The molecule has 4 aromatic rings. The first-order chi connectivity index (χ1) is 17.5. The van der Waals surface area contributed by atoms with Gasteiger partial charge in [0.25, 0.3) is 5.91 Å². The zero-order valence-corrected chi connectivity index (χ0v) is 20.8. The van der Waals surface area contributed by atoms with Gasteiger partial charge >= 0.3 is 0 Å². The molecule has 9 nitrogen and oxygen atoms in total. The largest absolute Gasteiger partial charge is 0.493 e. The number of nitrogens with zero attached hydrogens (tertiary/aromatic N) is 3. The summed E-state index contributed by atoms with van der Waals surface area (Å²) in [5.41, 5.74) is 1.20. The molecule has 2 aromatic heterocycles. The van der Waals surface area contributed by atoms with Gasteiger partial charge in [-0.15, -0.1) is 21.5 Å². The fourth-order valence-corrected chi connectivity index (χ4v) is 4.43. The minimum Gasteiger partial charge on any atom is -0.493 e. The maximum atomic E-state index is 13.0. The van der Waals surface area contributed by atoms with E-state index in [-0.39, 0.29) is 5.91 Å². The number of hydrogen-bond acceptors (Lipinski definition) is 9. The number of benzene rings is 2. The van der Waals surface area contributed by atoms with Crippen LogP contribution in [0.4, 0.5) is 5.13 Å². The van der Waals surface area contributed by atoms with Crippen molar-refractivity contribution in [3.05, 3.63) is 65.0 Å². The first kappa shape index (κ1) is 24.0. The number of aryl methyl sites for hydroxylation is 2. The molecule has 2 aromatic carbocycles. The lowest BCUT2D eigenvalue weighted by Crippen LogP contribution is -2.21. The summed E-state index contributed by atoms with van der Waals surface area (Å²) in [6.45, 7) is 5.73. The van der Waals surface area contributed by atoms with Crippen molar-refractivity contribution in [2.75, 3.05) is 25.1 Å². The van der Waals surface area contributed by atoms with E-state index in [4.69, 9.17) is 18.6 Å². The van der Waals surface area contributed by atoms with Crippen molar-refractivity contribution < 1.29 is 23.4 Å². The van der Waals surface area contributed by atoms with Gasteiger partial charge in [0.2, 0.25) is 11.8 Å². The number of carbonyl (C=O) groups is 1. The second-order valence-electron chi connectivity index (χ2n) is 8.54. The van der Waals surface area contributed by atoms with E-state index in [0.717, 1.165) is 36.5 Å². The number of anilines is 1. The predicted octanol–water partition coefficient (Wildman–Crippen LogP) is 5.66. The van der Waals surface area contributed by atoms with Gasteiger partial charge in [0.1, 0.15) is 17.2 Å². The maximum Gasteiger partial charge on any atom is 0.257 e. The Bertz CT molecular complexity index is 1330. The van der Waals surface area contributed by atoms with E-state index in [1.165, 1.54) is 11.3 Å². The van der Waals surface area contributed by atoms with E-state index >= 15 is 0 Å². The van der Waals surface area contributed by atoms with Crippen molar-refractivity contribution in [2.45, 2.75) is 26.7 Å². The number of aromatic nitrogens is 3. The van der Waals surface area contributed by atoms with Crippen molar-refractivity contribution in [1.29, 1.82) is 0 Å². The van der Waals surface area contributed by atoms with E-state index in [9.17, 15) is 4.79 Å². The van der Waals surface area contributed by atoms with Crippen LogP contribution in [0, 0.1) is 19.8 Å². The average Bonchev–Trinajstić information content (AvgIpc) is 3.51. The summed E-state index contributed by atoms with van der Waals surface area (Å²) in [5.74, 6) is 2.73. The summed E-state index contributed by atoms with van der Waals surface area (Å²) in [7, 11) is 0. The maximum absolute atomic E-state index is 13.0. The van der Waals surface area contributed by atoms with Crippen LogP contribution in [-0.4, -0.2) is 40.9 Å². The number of hydrogen-bond donors (Lipinski definition) is 1. The van der Waals surface area contributed by atoms with Gasteiger partial charge < -0.3 is 18.6 Å². The van der Waals surface area contributed by atoms with E-state index in [1.807, 2.05) is 31.2 Å². The molecule has 186 valence electrons. The van der Waals surface area contributed by atoms with Crippen LogP contribution in [0.5, 0.6) is 17.2 Å². The van der Waals surface area contributed by atoms with Gasteiger partial charge in [0, 0.05) is 48.4 Å². The molecule has 0 unspecified atom stereocenters. The minimum atomic E-state index is -0.284. The highest BCUT2D eigenvalue weighted by molar-refractivity contribution is 7.15. The third kappa shape index (κ3) is 6.07. The first-order valence-corrected chi connectivity index (χ1v) is 12.5. The molecule has 1 saturated heterocycles. The summed E-state index contributed by atoms with van der Waals surface area (Å²) in [6.07, 6.45) is 3.64. The smallest absolute Gasteiger partial charge is 0.257 e. The molecule has 1 amide bonds. The van der Waals surface area contributed by atoms with Crippen LogP contribution in [0.1, 0.15) is 34.0 Å². The molecule has 1 aliphatic rings. The van der Waals surface area contributed by atoms with Gasteiger partial charge in [-0.1, -0.05) is 0 Å². The van der Waals surface area contributed by atoms with Crippen molar-refractivity contribution >= 4 is 22.4 Å². The van der Waals surface area contributed by atoms with Crippen molar-refractivity contribution in [1.82, 2.24) is 15.2 Å². The molecule has 1 fully saturated rings. The Kier molecular flexibility index (Phi) is 7.24. The quantitative estimate of drug-likeness (QED) is 0.326. The Labute approximate surface area is 212 Å². The van der Waals surface area contributed by atoms with Crippen LogP contribution >= 0.6 is 11.3 Å². The van der Waals surface area contributed by atoms with Gasteiger partial charge in [0.05, 0.1) is 6.61 Å². The van der Waals surface area contributed by atoms with Crippen LogP contribution in [0.15, 0.2) is 53.1 Å². The SMILES string of the molecule is Cc1nnc(-c2ccc(Oc3cc(OCC4CCOCC4)cc(C(=O)Nc4ncc(C)s4)c3)cc2)o1. The summed E-state index contributed by atoms with van der Waals surface area (Å²) >= 11 is 1.42. The highest BCUT2D eigenvalue weighted by atomic mass is 32.1. The average molecular weight is 507 g/mol. The molecule has 0 aliphatic carbocycles. The van der Waals surface area contributed by atoms with E-state index < -0.39 is 0 Å². The lowest BCUT2D eigenvalue weighted by atomic mass is 10.0. The molecular weight excluding hydrogens is 480 g/mol. The fraction of sp³-hybridized carbons (Fsp3) is 0.308. The second kappa shape index (κ2) is 10.9. The molecule has 0 bridgehead atoms. The van der Waals surface area contributed by atoms with Gasteiger partial charge in [-0.05, 0) is 62.1 Å². The molecule has 5 rings (SSSR count). The van der Waals surface area contributed by atoms with Crippen LogP contribution in [0.2, 0.25) is 0 Å². The van der Waals surface area contributed by atoms with E-state index in [0.29, 0.717) is 52.2 Å². The highest BCUT2D eigenvalue weighted by Crippen LogP contribution is 2.30. The topological polar surface area (TPSA) is 109 Å². The molecule has 0 saturated carbocycles. The molecule has 1 aliphatic heterocycles. The van der Waals surface area contributed by atoms with Crippen molar-refractivity contribution in [3.8, 4) is 28.7 Å². The van der Waals surface area contributed by atoms with Crippen LogP contribution in [-0.2, 0) is 4.74 Å². The molecule has 3 heterocycles. The number of nitrogens with one attached hydrogen (secondary N) is 1. The summed E-state index contributed by atoms with van der Waals surface area (Å²) in [6, 6.07) is 12.5. The summed E-state index contributed by atoms with van der Waals surface area (Å²) < 4.78 is 23.1. The normalized spacial score (nSPS) is 13.9. The minimum absolute atomic E-state index is 0.284. The van der Waals surface area contributed by atoms with Gasteiger partial charge in [0.15, 0.2) is 5.13 Å². The van der Waals surface area contributed by atoms with Gasteiger partial charge in [-0.25, -0.2) is 4.98 Å². The number of ether oxygens (including phenoxy) is 3. The number of carbonyl (C=O) groups excluding carboxylic acids is 1. The number of rotatable bonds is 8. The fourth-order valence-electron chi connectivity index (χ4n) is 3.77. The monoisotopic (exact) mass is 506 g/mol. The third-order valence-electron chi connectivity index (χ3n) is 5.67. The van der Waals surface area contributed by atoms with E-state index in [1.54, 1.807) is 31.3 Å². The zero-order valence-electron chi connectivity index (χ0n) is 20.0. The Balaban J connectivity index is 1.35. The summed E-state index contributed by atoms with van der Waals surface area (Å²) in [5, 5.41) is 11.3. The molecular formula is C26H26N4O5S. The number of amides is 1. The molecule has 10 heteroatoms. The van der Waals surface area contributed by atoms with Crippen molar-refractivity contribution in [3.63, 3.8) is 0 Å². The Morgan fingerprint density at radius 1 is 1.06 bits per heavy atom. The van der Waals surface area contributed by atoms with Crippen LogP contribution < -0.4 is 14.8 Å². The van der Waals surface area contributed by atoms with Crippen LogP contribution in [0.25, 0.3) is 11.5 Å². The predicted molar refractivity (Wildman–Crippen MR) is 135 cm³/mol. The Hall–Kier alpha value is -3.76. The lowest BCUT2D eigenvalue weighted by Gasteiger charge is -2.22. The lowest BCUT2D eigenvalue weighted by molar-refractivity contribution is 0.0497. The Morgan fingerprint density at radius 2 is 1.83 bits per heavy atom. The highest BCUT2D eigenvalue weighted by Gasteiger charge is 2.17. The van der Waals surface area contributed by atoms with Gasteiger partial charge in [-0.2, -0.15) is 0 Å². The molecule has 1 N–H and O–H groups in total. The van der Waals surface area contributed by atoms with E-state index in [2.05, 4.69) is 20.5 Å². The number of thiazole rings is 1. The van der Waals surface area contributed by atoms with Crippen LogP contribution in [0.3, 0.4) is 0 Å². The summed E-state index contributed by atoms with van der Waals surface area (Å²) in [4.78, 5) is 18.2. The molecule has 0 spiro atoms.